The number of halogens is 1. The summed E-state index contributed by atoms with van der Waals surface area (Å²) in [6, 6.07) is 7.01. The maximum atomic E-state index is 12.6. The van der Waals surface area contributed by atoms with Crippen LogP contribution in [0.15, 0.2) is 45.8 Å². The van der Waals surface area contributed by atoms with Crippen LogP contribution in [-0.4, -0.2) is 50.1 Å². The zero-order valence-electron chi connectivity index (χ0n) is 17.1. The van der Waals surface area contributed by atoms with Crippen molar-refractivity contribution in [2.75, 3.05) is 31.8 Å². The number of carbonyl (C=O) groups is 1. The monoisotopic (exact) mass is 437 g/mol. The lowest BCUT2D eigenvalue weighted by atomic mass is 10.2. The molecular weight excluding hydrogens is 410 g/mol. The van der Waals surface area contributed by atoms with Gasteiger partial charge in [0.05, 0.1) is 6.61 Å². The van der Waals surface area contributed by atoms with E-state index >= 15 is 0 Å². The van der Waals surface area contributed by atoms with Crippen molar-refractivity contribution >= 4 is 34.3 Å². The number of methoxy groups -OCH3 is 1. The summed E-state index contributed by atoms with van der Waals surface area (Å²) in [5, 5.41) is 2.48. The van der Waals surface area contributed by atoms with Gasteiger partial charge >= 0.3 is 0 Å². The molecule has 0 saturated carbocycles. The van der Waals surface area contributed by atoms with Crippen LogP contribution >= 0.6 is 11.6 Å². The second kappa shape index (κ2) is 11.4. The average molecular weight is 438 g/mol. The Bertz CT molecular complexity index is 824. The molecule has 7 N–H and O–H groups in total. The molecule has 1 heterocycles. The number of nitrogens with one attached hydrogen (secondary N) is 1. The van der Waals surface area contributed by atoms with Gasteiger partial charge in [0.1, 0.15) is 29.5 Å². The molecule has 0 radical (unpaired) electrons. The molecule has 0 spiro atoms. The minimum atomic E-state index is -0.848. The molecule has 1 aromatic rings. The number of nitrogens with two attached hydrogens (primary N) is 3. The van der Waals surface area contributed by atoms with E-state index in [1.807, 2.05) is 6.92 Å². The smallest absolute Gasteiger partial charge is 0.280 e. The molecule has 0 bridgehead atoms. The Kier molecular flexibility index (Phi) is 8.90. The highest BCUT2D eigenvalue weighted by molar-refractivity contribution is 6.67. The molecule has 0 aliphatic carbocycles. The SMILES string of the molecule is CCCCN=C(N)NC(=O)C1=C(N)N(c2ccc(OCCOC)cc2)C(N)C(Cl)=N1. The van der Waals surface area contributed by atoms with Gasteiger partial charge in [-0.1, -0.05) is 24.9 Å². The summed E-state index contributed by atoms with van der Waals surface area (Å²) in [4.78, 5) is 22.2. The van der Waals surface area contributed by atoms with Gasteiger partial charge in [0.25, 0.3) is 5.91 Å². The second-order valence-electron chi connectivity index (χ2n) is 6.39. The van der Waals surface area contributed by atoms with Gasteiger partial charge < -0.3 is 31.6 Å². The standard InChI is InChI=1S/C19H28ClN7O3/c1-3-4-9-24-19(23)26-18(28)14-16(21)27(17(22)15(20)25-14)12-5-7-13(8-6-12)30-11-10-29-2/h5-8,17H,3-4,9-11,21-22H2,1-2H3,(H3,23,24,26,28). The number of ether oxygens (including phenoxy) is 2. The van der Waals surface area contributed by atoms with Crippen molar-refractivity contribution in [3.63, 3.8) is 0 Å². The van der Waals surface area contributed by atoms with Crippen molar-refractivity contribution in [1.29, 1.82) is 0 Å². The number of aliphatic imine (C=N–C) groups is 2. The third kappa shape index (κ3) is 6.09. The van der Waals surface area contributed by atoms with Crippen LogP contribution in [0.1, 0.15) is 19.8 Å². The molecular formula is C19H28ClN7O3. The van der Waals surface area contributed by atoms with E-state index in [0.717, 1.165) is 12.8 Å². The summed E-state index contributed by atoms with van der Waals surface area (Å²) in [5.41, 5.74) is 18.6. The van der Waals surface area contributed by atoms with Gasteiger partial charge in [0, 0.05) is 19.3 Å². The number of hydrogen-bond acceptors (Lipinski definition) is 8. The fourth-order valence-electron chi connectivity index (χ4n) is 2.59. The molecule has 1 aliphatic heterocycles. The zero-order chi connectivity index (χ0) is 22.1. The Hall–Kier alpha value is -2.82. The van der Waals surface area contributed by atoms with Crippen LogP contribution in [0.2, 0.25) is 0 Å². The number of nitrogens with zero attached hydrogens (tertiary/aromatic N) is 3. The quantitative estimate of drug-likeness (QED) is 0.253. The summed E-state index contributed by atoms with van der Waals surface area (Å²) in [5.74, 6) is 0.0513. The number of anilines is 1. The third-order valence-corrected chi connectivity index (χ3v) is 4.47. The highest BCUT2D eigenvalue weighted by Gasteiger charge is 2.31. The lowest BCUT2D eigenvalue weighted by Gasteiger charge is -2.33. The van der Waals surface area contributed by atoms with Crippen molar-refractivity contribution < 1.29 is 14.3 Å². The van der Waals surface area contributed by atoms with E-state index < -0.39 is 12.1 Å². The van der Waals surface area contributed by atoms with Crippen LogP contribution in [-0.2, 0) is 9.53 Å². The van der Waals surface area contributed by atoms with E-state index in [1.54, 1.807) is 31.4 Å². The lowest BCUT2D eigenvalue weighted by molar-refractivity contribution is -0.116. The van der Waals surface area contributed by atoms with Crippen LogP contribution in [0.25, 0.3) is 0 Å². The van der Waals surface area contributed by atoms with Crippen LogP contribution in [0.4, 0.5) is 5.69 Å². The highest BCUT2D eigenvalue weighted by Crippen LogP contribution is 2.27. The Morgan fingerprint density at radius 3 is 2.67 bits per heavy atom. The number of guanidine groups is 1. The first kappa shape index (κ1) is 23.5. The molecule has 164 valence electrons. The number of hydrogen-bond donors (Lipinski definition) is 4. The Balaban J connectivity index is 2.21. The molecule has 1 amide bonds. The average Bonchev–Trinajstić information content (AvgIpc) is 2.72. The van der Waals surface area contributed by atoms with Crippen molar-refractivity contribution in [2.45, 2.75) is 25.9 Å². The summed E-state index contributed by atoms with van der Waals surface area (Å²) in [6.45, 7) is 3.44. The van der Waals surface area contributed by atoms with E-state index in [-0.39, 0.29) is 22.6 Å². The van der Waals surface area contributed by atoms with Crippen LogP contribution in [0.5, 0.6) is 5.75 Å². The highest BCUT2D eigenvalue weighted by atomic mass is 35.5. The Labute approximate surface area is 180 Å². The molecule has 1 aromatic carbocycles. The van der Waals surface area contributed by atoms with Gasteiger partial charge in [-0.2, -0.15) is 0 Å². The van der Waals surface area contributed by atoms with Crippen LogP contribution in [0.3, 0.4) is 0 Å². The number of rotatable bonds is 9. The first-order valence-electron chi connectivity index (χ1n) is 9.50. The van der Waals surface area contributed by atoms with Crippen molar-refractivity contribution in [3.05, 3.63) is 35.8 Å². The number of carbonyl (C=O) groups excluding carboxylic acids is 1. The van der Waals surface area contributed by atoms with Gasteiger partial charge in [-0.25, -0.2) is 4.99 Å². The predicted molar refractivity (Wildman–Crippen MR) is 118 cm³/mol. The minimum absolute atomic E-state index is 0.0104. The van der Waals surface area contributed by atoms with Gasteiger partial charge in [0.2, 0.25) is 0 Å². The second-order valence-corrected chi connectivity index (χ2v) is 6.78. The van der Waals surface area contributed by atoms with Crippen molar-refractivity contribution in [1.82, 2.24) is 5.32 Å². The first-order chi connectivity index (χ1) is 14.4. The molecule has 0 aromatic heterocycles. The molecule has 2 rings (SSSR count). The Morgan fingerprint density at radius 1 is 1.33 bits per heavy atom. The zero-order valence-corrected chi connectivity index (χ0v) is 17.9. The van der Waals surface area contributed by atoms with Crippen LogP contribution < -0.4 is 32.2 Å². The fourth-order valence-corrected chi connectivity index (χ4v) is 2.77. The molecule has 0 saturated heterocycles. The molecule has 11 heteroatoms. The van der Waals surface area contributed by atoms with Gasteiger partial charge in [-0.05, 0) is 30.7 Å². The van der Waals surface area contributed by atoms with Gasteiger partial charge in [0.15, 0.2) is 11.7 Å². The summed E-state index contributed by atoms with van der Waals surface area (Å²) in [6.07, 6.45) is 0.976. The molecule has 1 unspecified atom stereocenters. The third-order valence-electron chi connectivity index (χ3n) is 4.16. The van der Waals surface area contributed by atoms with E-state index in [2.05, 4.69) is 15.3 Å². The van der Waals surface area contributed by atoms with Crippen LogP contribution in [0, 0.1) is 0 Å². The fraction of sp³-hybridized carbons (Fsp3) is 0.421. The molecule has 10 nitrogen and oxygen atoms in total. The molecule has 30 heavy (non-hydrogen) atoms. The minimum Gasteiger partial charge on any atom is -0.491 e. The van der Waals surface area contributed by atoms with Crippen molar-refractivity contribution in [2.24, 2.45) is 27.2 Å². The van der Waals surface area contributed by atoms with E-state index in [9.17, 15) is 4.79 Å². The molecule has 1 atom stereocenters. The number of benzene rings is 1. The molecule has 0 fully saturated rings. The van der Waals surface area contributed by atoms with Gasteiger partial charge in [-0.3, -0.25) is 15.1 Å². The van der Waals surface area contributed by atoms with E-state index in [0.29, 0.717) is 31.2 Å². The van der Waals surface area contributed by atoms with Gasteiger partial charge in [-0.15, -0.1) is 0 Å². The summed E-state index contributed by atoms with van der Waals surface area (Å²) in [7, 11) is 1.60. The first-order valence-corrected chi connectivity index (χ1v) is 9.88. The largest absolute Gasteiger partial charge is 0.491 e. The maximum Gasteiger partial charge on any atom is 0.280 e. The Morgan fingerprint density at radius 2 is 2.03 bits per heavy atom. The summed E-state index contributed by atoms with van der Waals surface area (Å²) >= 11 is 6.18. The molecule has 1 aliphatic rings. The lowest BCUT2D eigenvalue weighted by Crippen LogP contribution is -2.52. The number of unbranched alkanes of at least 4 members (excludes halogenated alkanes) is 1. The van der Waals surface area contributed by atoms with E-state index in [4.69, 9.17) is 38.3 Å². The predicted octanol–water partition coefficient (Wildman–Crippen LogP) is 0.813. The van der Waals surface area contributed by atoms with E-state index in [1.165, 1.54) is 4.90 Å². The number of amides is 1. The summed E-state index contributed by atoms with van der Waals surface area (Å²) < 4.78 is 10.5. The normalized spacial score (nSPS) is 17.1. The topological polar surface area (TPSA) is 154 Å². The van der Waals surface area contributed by atoms with Crippen molar-refractivity contribution in [3.8, 4) is 5.75 Å². The maximum absolute atomic E-state index is 12.6.